The first-order chi connectivity index (χ1) is 9.80. The summed E-state index contributed by atoms with van der Waals surface area (Å²) in [7, 11) is 1.59. The predicted octanol–water partition coefficient (Wildman–Crippen LogP) is 3.64. The summed E-state index contributed by atoms with van der Waals surface area (Å²) in [6.07, 6.45) is 3.03. The van der Waals surface area contributed by atoms with Crippen molar-refractivity contribution in [2.75, 3.05) is 13.7 Å². The molecule has 0 fully saturated rings. The Balaban J connectivity index is 2.48. The molecule has 0 saturated heterocycles. The summed E-state index contributed by atoms with van der Waals surface area (Å²) in [5, 5.41) is 8.95. The molecule has 0 radical (unpaired) electrons. The number of hydrogen-bond acceptors (Lipinski definition) is 4. The third kappa shape index (κ3) is 2.83. The molecule has 0 N–H and O–H groups in total. The van der Waals surface area contributed by atoms with Crippen LogP contribution < -0.4 is 9.47 Å². The summed E-state index contributed by atoms with van der Waals surface area (Å²) >= 11 is 0. The fraction of sp³-hybridized carbons (Fsp3) is 0.188. The van der Waals surface area contributed by atoms with Crippen LogP contribution in [0.5, 0.6) is 11.5 Å². The third-order valence-corrected chi connectivity index (χ3v) is 2.77. The van der Waals surface area contributed by atoms with Crippen LogP contribution in [-0.4, -0.2) is 13.7 Å². The maximum Gasteiger partial charge on any atom is 0.161 e. The Labute approximate surface area is 117 Å². The number of hydrogen-bond donors (Lipinski definition) is 0. The zero-order valence-electron chi connectivity index (χ0n) is 11.4. The first kappa shape index (κ1) is 13.8. The number of nitrogens with zero attached hydrogens (tertiary/aromatic N) is 1. The van der Waals surface area contributed by atoms with Crippen LogP contribution in [0, 0.1) is 11.3 Å². The molecule has 1 aromatic heterocycles. The van der Waals surface area contributed by atoms with Gasteiger partial charge in [-0.3, -0.25) is 0 Å². The van der Waals surface area contributed by atoms with Crippen molar-refractivity contribution >= 4 is 5.57 Å². The molecule has 4 nitrogen and oxygen atoms in total. The SMILES string of the molecule is CCOc1cc(/C(=C/C#N)c2ccco2)ccc1OC. The number of allylic oxidation sites excluding steroid dienone is 1. The van der Waals surface area contributed by atoms with E-state index in [1.54, 1.807) is 19.4 Å². The molecule has 0 spiro atoms. The largest absolute Gasteiger partial charge is 0.493 e. The molecule has 2 rings (SSSR count). The average Bonchev–Trinajstić information content (AvgIpc) is 2.99. The Morgan fingerprint density at radius 2 is 2.20 bits per heavy atom. The monoisotopic (exact) mass is 269 g/mol. The molecular formula is C16H15NO3. The number of methoxy groups -OCH3 is 1. The lowest BCUT2D eigenvalue weighted by Crippen LogP contribution is -1.97. The van der Waals surface area contributed by atoms with Gasteiger partial charge in [0.25, 0.3) is 0 Å². The fourth-order valence-electron chi connectivity index (χ4n) is 1.91. The van der Waals surface area contributed by atoms with Crippen molar-refractivity contribution in [2.45, 2.75) is 6.92 Å². The van der Waals surface area contributed by atoms with E-state index < -0.39 is 0 Å². The average molecular weight is 269 g/mol. The van der Waals surface area contributed by atoms with Gasteiger partial charge in [-0.2, -0.15) is 5.26 Å². The molecule has 0 aliphatic carbocycles. The van der Waals surface area contributed by atoms with Crippen molar-refractivity contribution in [3.8, 4) is 17.6 Å². The Morgan fingerprint density at radius 3 is 2.80 bits per heavy atom. The molecule has 0 unspecified atom stereocenters. The maximum atomic E-state index is 8.95. The quantitative estimate of drug-likeness (QED) is 0.777. The van der Waals surface area contributed by atoms with E-state index in [4.69, 9.17) is 19.2 Å². The van der Waals surface area contributed by atoms with Gasteiger partial charge in [0, 0.05) is 11.6 Å². The second-order valence-corrected chi connectivity index (χ2v) is 3.96. The molecule has 20 heavy (non-hydrogen) atoms. The Bertz CT molecular complexity index is 636. The number of ether oxygens (including phenoxy) is 2. The van der Waals surface area contributed by atoms with Gasteiger partial charge >= 0.3 is 0 Å². The second kappa shape index (κ2) is 6.48. The lowest BCUT2D eigenvalue weighted by Gasteiger charge is -2.11. The predicted molar refractivity (Wildman–Crippen MR) is 75.6 cm³/mol. The number of benzene rings is 1. The minimum atomic E-state index is 0.540. The van der Waals surface area contributed by atoms with Gasteiger partial charge in [0.2, 0.25) is 0 Å². The van der Waals surface area contributed by atoms with E-state index in [-0.39, 0.29) is 0 Å². The lowest BCUT2D eigenvalue weighted by atomic mass is 10.0. The molecule has 1 aromatic carbocycles. The summed E-state index contributed by atoms with van der Waals surface area (Å²) < 4.78 is 16.2. The van der Waals surface area contributed by atoms with Crippen LogP contribution in [0.25, 0.3) is 5.57 Å². The minimum absolute atomic E-state index is 0.540. The molecule has 0 aliphatic heterocycles. The smallest absolute Gasteiger partial charge is 0.161 e. The molecule has 0 bridgehead atoms. The molecular weight excluding hydrogens is 254 g/mol. The Kier molecular flexibility index (Phi) is 4.46. The van der Waals surface area contributed by atoms with E-state index >= 15 is 0 Å². The van der Waals surface area contributed by atoms with E-state index in [2.05, 4.69) is 0 Å². The zero-order valence-corrected chi connectivity index (χ0v) is 11.4. The van der Waals surface area contributed by atoms with Gasteiger partial charge in [0.15, 0.2) is 11.5 Å². The van der Waals surface area contributed by atoms with Crippen LogP contribution >= 0.6 is 0 Å². The summed E-state index contributed by atoms with van der Waals surface area (Å²) in [6, 6.07) is 11.2. The van der Waals surface area contributed by atoms with Crippen molar-refractivity contribution in [3.63, 3.8) is 0 Å². The van der Waals surface area contributed by atoms with E-state index in [1.165, 1.54) is 6.08 Å². The molecule has 0 saturated carbocycles. The maximum absolute atomic E-state index is 8.95. The summed E-state index contributed by atoms with van der Waals surface area (Å²) in [5.41, 5.74) is 1.55. The molecule has 2 aromatic rings. The van der Waals surface area contributed by atoms with Gasteiger partial charge in [-0.1, -0.05) is 6.07 Å². The van der Waals surface area contributed by atoms with Gasteiger partial charge in [-0.25, -0.2) is 0 Å². The van der Waals surface area contributed by atoms with Gasteiger partial charge < -0.3 is 13.9 Å². The van der Waals surface area contributed by atoms with Crippen molar-refractivity contribution in [1.82, 2.24) is 0 Å². The van der Waals surface area contributed by atoms with E-state index in [0.717, 1.165) is 5.56 Å². The lowest BCUT2D eigenvalue weighted by molar-refractivity contribution is 0.311. The van der Waals surface area contributed by atoms with Gasteiger partial charge in [-0.05, 0) is 36.8 Å². The van der Waals surface area contributed by atoms with Gasteiger partial charge in [0.1, 0.15) is 5.76 Å². The van der Waals surface area contributed by atoms with Crippen molar-refractivity contribution in [1.29, 1.82) is 5.26 Å². The summed E-state index contributed by atoms with van der Waals surface area (Å²) in [4.78, 5) is 0. The highest BCUT2D eigenvalue weighted by Crippen LogP contribution is 2.33. The second-order valence-electron chi connectivity index (χ2n) is 3.96. The normalized spacial score (nSPS) is 10.9. The standard InChI is InChI=1S/C16H15NO3/c1-3-19-16-11-12(6-7-15(16)18-2)13(8-9-17)14-5-4-10-20-14/h4-8,10-11H,3H2,1-2H3/b13-8-. The molecule has 0 atom stereocenters. The zero-order chi connectivity index (χ0) is 14.4. The highest BCUT2D eigenvalue weighted by Gasteiger charge is 2.12. The van der Waals surface area contributed by atoms with Crippen molar-refractivity contribution < 1.29 is 13.9 Å². The van der Waals surface area contributed by atoms with Crippen LogP contribution in [0.2, 0.25) is 0 Å². The van der Waals surface area contributed by atoms with Crippen LogP contribution in [0.1, 0.15) is 18.2 Å². The highest BCUT2D eigenvalue weighted by atomic mass is 16.5. The van der Waals surface area contributed by atoms with E-state index in [1.807, 2.05) is 37.3 Å². The Morgan fingerprint density at radius 1 is 1.35 bits per heavy atom. The first-order valence-corrected chi connectivity index (χ1v) is 6.25. The molecule has 0 aliphatic rings. The van der Waals surface area contributed by atoms with Gasteiger partial charge in [0.05, 0.1) is 26.0 Å². The van der Waals surface area contributed by atoms with Crippen LogP contribution in [0.15, 0.2) is 47.1 Å². The number of rotatable bonds is 5. The molecule has 1 heterocycles. The van der Waals surface area contributed by atoms with E-state index in [9.17, 15) is 0 Å². The van der Waals surface area contributed by atoms with Crippen LogP contribution in [0.4, 0.5) is 0 Å². The van der Waals surface area contributed by atoms with Crippen molar-refractivity contribution in [3.05, 3.63) is 54.0 Å². The first-order valence-electron chi connectivity index (χ1n) is 6.25. The summed E-state index contributed by atoms with van der Waals surface area (Å²) in [5.74, 6) is 1.94. The van der Waals surface area contributed by atoms with Crippen LogP contribution in [0.3, 0.4) is 0 Å². The molecule has 0 amide bonds. The third-order valence-electron chi connectivity index (χ3n) is 2.77. The van der Waals surface area contributed by atoms with Crippen molar-refractivity contribution in [2.24, 2.45) is 0 Å². The van der Waals surface area contributed by atoms with Crippen LogP contribution in [-0.2, 0) is 0 Å². The Hall–Kier alpha value is -2.67. The molecule has 4 heteroatoms. The summed E-state index contributed by atoms with van der Waals surface area (Å²) in [6.45, 7) is 2.45. The van der Waals surface area contributed by atoms with Gasteiger partial charge in [-0.15, -0.1) is 0 Å². The highest BCUT2D eigenvalue weighted by molar-refractivity contribution is 5.79. The minimum Gasteiger partial charge on any atom is -0.493 e. The number of nitriles is 1. The number of furan rings is 1. The molecule has 102 valence electrons. The van der Waals surface area contributed by atoms with E-state index in [0.29, 0.717) is 29.4 Å². The fourth-order valence-corrected chi connectivity index (χ4v) is 1.91. The topological polar surface area (TPSA) is 55.4 Å².